The number of anilines is 3. The van der Waals surface area contributed by atoms with Crippen LogP contribution in [-0.4, -0.2) is 0 Å². The van der Waals surface area contributed by atoms with E-state index in [1.807, 2.05) is 0 Å². The van der Waals surface area contributed by atoms with E-state index in [0.717, 1.165) is 17.1 Å². The zero-order valence-electron chi connectivity index (χ0n) is 22.7. The number of hydrogen-bond acceptors (Lipinski definition) is 1. The molecule has 0 saturated heterocycles. The molecule has 1 aliphatic carbocycles. The molecular formula is C39H29N. The van der Waals surface area contributed by atoms with Gasteiger partial charge in [-0.25, -0.2) is 0 Å². The predicted octanol–water partition coefficient (Wildman–Crippen LogP) is 10.9. The minimum Gasteiger partial charge on any atom is -0.310 e. The van der Waals surface area contributed by atoms with Crippen molar-refractivity contribution in [3.05, 3.63) is 151 Å². The zero-order chi connectivity index (χ0) is 26.8. The highest BCUT2D eigenvalue weighted by atomic mass is 15.1. The maximum Gasteiger partial charge on any atom is 0.0468 e. The summed E-state index contributed by atoms with van der Waals surface area (Å²) in [6.07, 6.45) is 0. The van der Waals surface area contributed by atoms with Gasteiger partial charge < -0.3 is 4.90 Å². The van der Waals surface area contributed by atoms with Crippen LogP contribution in [0.4, 0.5) is 17.1 Å². The van der Waals surface area contributed by atoms with Crippen molar-refractivity contribution in [2.24, 2.45) is 0 Å². The number of benzene rings is 7. The van der Waals surface area contributed by atoms with E-state index in [4.69, 9.17) is 0 Å². The maximum atomic E-state index is 2.45. The number of fused-ring (bicyclic) bond motifs is 9. The second kappa shape index (κ2) is 8.56. The van der Waals surface area contributed by atoms with Crippen LogP contribution in [0.3, 0.4) is 0 Å². The van der Waals surface area contributed by atoms with Gasteiger partial charge in [0.25, 0.3) is 0 Å². The van der Waals surface area contributed by atoms with Gasteiger partial charge in [-0.15, -0.1) is 0 Å². The van der Waals surface area contributed by atoms with Crippen LogP contribution >= 0.6 is 0 Å². The molecule has 0 heterocycles. The molecule has 1 nitrogen and oxygen atoms in total. The first kappa shape index (κ1) is 23.0. The Bertz CT molecular complexity index is 2030. The first-order valence-electron chi connectivity index (χ1n) is 14.0. The molecule has 0 radical (unpaired) electrons. The summed E-state index contributed by atoms with van der Waals surface area (Å²) >= 11 is 0. The molecule has 8 rings (SSSR count). The zero-order valence-corrected chi connectivity index (χ0v) is 22.7. The number of hydrogen-bond donors (Lipinski definition) is 0. The van der Waals surface area contributed by atoms with E-state index in [1.54, 1.807) is 0 Å². The monoisotopic (exact) mass is 511 g/mol. The average molecular weight is 512 g/mol. The van der Waals surface area contributed by atoms with Crippen LogP contribution in [0.25, 0.3) is 43.4 Å². The molecule has 0 atom stereocenters. The Morgan fingerprint density at radius 3 is 1.65 bits per heavy atom. The third-order valence-electron chi connectivity index (χ3n) is 8.75. The summed E-state index contributed by atoms with van der Waals surface area (Å²) in [6.45, 7) is 4.80. The van der Waals surface area contributed by atoms with E-state index < -0.39 is 0 Å². The molecule has 0 bridgehead atoms. The van der Waals surface area contributed by atoms with E-state index in [0.29, 0.717) is 0 Å². The molecule has 0 unspecified atom stereocenters. The summed E-state index contributed by atoms with van der Waals surface area (Å²) in [5.74, 6) is 0. The van der Waals surface area contributed by atoms with Gasteiger partial charge in [0.2, 0.25) is 0 Å². The Hall–Kier alpha value is -4.88. The molecule has 0 fully saturated rings. The lowest BCUT2D eigenvalue weighted by atomic mass is 9.79. The Morgan fingerprint density at radius 2 is 1.00 bits per heavy atom. The first-order chi connectivity index (χ1) is 19.6. The van der Waals surface area contributed by atoms with E-state index >= 15 is 0 Å². The molecule has 0 saturated carbocycles. The lowest BCUT2D eigenvalue weighted by Crippen LogP contribution is -2.15. The third-order valence-corrected chi connectivity index (χ3v) is 8.75. The highest BCUT2D eigenvalue weighted by molar-refractivity contribution is 6.19. The van der Waals surface area contributed by atoms with Gasteiger partial charge in [0.1, 0.15) is 0 Å². The van der Waals surface area contributed by atoms with Crippen molar-refractivity contribution in [2.45, 2.75) is 19.3 Å². The highest BCUT2D eigenvalue weighted by Crippen LogP contribution is 2.55. The maximum absolute atomic E-state index is 2.45. The molecule has 0 spiro atoms. The molecule has 1 heteroatoms. The van der Waals surface area contributed by atoms with Crippen LogP contribution in [0, 0.1) is 0 Å². The van der Waals surface area contributed by atoms with Crippen molar-refractivity contribution in [1.82, 2.24) is 0 Å². The van der Waals surface area contributed by atoms with Crippen molar-refractivity contribution >= 4 is 49.4 Å². The number of nitrogens with zero attached hydrogens (tertiary/aromatic N) is 1. The molecule has 0 aromatic heterocycles. The van der Waals surface area contributed by atoms with Crippen molar-refractivity contribution in [1.29, 1.82) is 0 Å². The largest absolute Gasteiger partial charge is 0.310 e. The molecule has 7 aromatic carbocycles. The minimum atomic E-state index is -0.114. The molecular weight excluding hydrogens is 482 g/mol. The van der Waals surface area contributed by atoms with Crippen molar-refractivity contribution in [3.8, 4) is 11.1 Å². The SMILES string of the molecule is CC1(C)c2cc3cc(N(c4ccccc4)c4ccccc4)ccc3cc2-c2c1c1ccccc1c1ccccc21. The lowest BCUT2D eigenvalue weighted by molar-refractivity contribution is 0.667. The van der Waals surface area contributed by atoms with Crippen LogP contribution in [0.15, 0.2) is 140 Å². The van der Waals surface area contributed by atoms with Gasteiger partial charge in [-0.05, 0) is 103 Å². The molecule has 40 heavy (non-hydrogen) atoms. The van der Waals surface area contributed by atoms with Crippen molar-refractivity contribution in [3.63, 3.8) is 0 Å². The van der Waals surface area contributed by atoms with Gasteiger partial charge in [-0.2, -0.15) is 0 Å². The molecule has 0 N–H and O–H groups in total. The molecule has 7 aromatic rings. The predicted molar refractivity (Wildman–Crippen MR) is 171 cm³/mol. The summed E-state index contributed by atoms with van der Waals surface area (Å²) in [6, 6.07) is 50.9. The van der Waals surface area contributed by atoms with Crippen LogP contribution in [0.1, 0.15) is 25.0 Å². The number of rotatable bonds is 3. The van der Waals surface area contributed by atoms with Crippen LogP contribution in [0.2, 0.25) is 0 Å². The smallest absolute Gasteiger partial charge is 0.0468 e. The Labute approximate surface area is 234 Å². The normalized spacial score (nSPS) is 13.4. The standard InChI is InChI=1S/C39H29N/c1-39(2)36-25-27-23-30(40(28-13-5-3-6-14-28)29-15-7-4-8-16-29)22-21-26(27)24-35(36)37-33-19-11-9-17-31(33)32-18-10-12-20-34(32)38(37)39/h3-25H,1-2H3. The highest BCUT2D eigenvalue weighted by Gasteiger charge is 2.38. The van der Waals surface area contributed by atoms with E-state index in [-0.39, 0.29) is 5.41 Å². The fraction of sp³-hybridized carbons (Fsp3) is 0.0769. The Kier molecular flexibility index (Phi) is 4.93. The molecule has 1 aliphatic rings. The third kappa shape index (κ3) is 3.28. The van der Waals surface area contributed by atoms with Crippen LogP contribution < -0.4 is 4.90 Å². The van der Waals surface area contributed by atoms with Gasteiger partial charge >= 0.3 is 0 Å². The fourth-order valence-electron chi connectivity index (χ4n) is 6.95. The fourth-order valence-corrected chi connectivity index (χ4v) is 6.95. The Balaban J connectivity index is 1.38. The second-order valence-electron chi connectivity index (χ2n) is 11.4. The average Bonchev–Trinajstić information content (AvgIpc) is 3.23. The van der Waals surface area contributed by atoms with Gasteiger partial charge in [0, 0.05) is 22.5 Å². The summed E-state index contributed by atoms with van der Waals surface area (Å²) in [4.78, 5) is 2.34. The summed E-state index contributed by atoms with van der Waals surface area (Å²) in [5, 5.41) is 7.91. The Morgan fingerprint density at radius 1 is 0.450 bits per heavy atom. The first-order valence-corrected chi connectivity index (χ1v) is 14.0. The van der Waals surface area contributed by atoms with E-state index in [2.05, 4.69) is 158 Å². The van der Waals surface area contributed by atoms with Crippen LogP contribution in [-0.2, 0) is 5.41 Å². The summed E-state index contributed by atoms with van der Waals surface area (Å²) in [5.41, 5.74) is 8.97. The van der Waals surface area contributed by atoms with Gasteiger partial charge in [-0.1, -0.05) is 105 Å². The van der Waals surface area contributed by atoms with E-state index in [1.165, 1.54) is 54.6 Å². The number of para-hydroxylation sites is 2. The van der Waals surface area contributed by atoms with Crippen molar-refractivity contribution < 1.29 is 0 Å². The molecule has 0 aliphatic heterocycles. The summed E-state index contributed by atoms with van der Waals surface area (Å²) in [7, 11) is 0. The summed E-state index contributed by atoms with van der Waals surface area (Å²) < 4.78 is 0. The van der Waals surface area contributed by atoms with Gasteiger partial charge in [0.15, 0.2) is 0 Å². The molecule has 190 valence electrons. The lowest BCUT2D eigenvalue weighted by Gasteiger charge is -2.26. The second-order valence-corrected chi connectivity index (χ2v) is 11.4. The minimum absolute atomic E-state index is 0.114. The van der Waals surface area contributed by atoms with Crippen molar-refractivity contribution in [2.75, 3.05) is 4.90 Å². The van der Waals surface area contributed by atoms with Gasteiger partial charge in [-0.3, -0.25) is 0 Å². The van der Waals surface area contributed by atoms with Crippen LogP contribution in [0.5, 0.6) is 0 Å². The van der Waals surface area contributed by atoms with Gasteiger partial charge in [0.05, 0.1) is 0 Å². The molecule has 0 amide bonds. The quantitative estimate of drug-likeness (QED) is 0.213. The van der Waals surface area contributed by atoms with E-state index in [9.17, 15) is 0 Å². The topological polar surface area (TPSA) is 3.24 Å².